The van der Waals surface area contributed by atoms with Gasteiger partial charge in [0.05, 0.1) is 12.6 Å². The van der Waals surface area contributed by atoms with Gasteiger partial charge in [-0.05, 0) is 42.7 Å². The molecule has 0 aliphatic heterocycles. The lowest BCUT2D eigenvalue weighted by Gasteiger charge is -2.28. The van der Waals surface area contributed by atoms with Gasteiger partial charge in [-0.2, -0.15) is 0 Å². The monoisotopic (exact) mass is 259 g/mol. The van der Waals surface area contributed by atoms with E-state index in [1.165, 1.54) is 13.2 Å². The molecule has 0 fully saturated rings. The van der Waals surface area contributed by atoms with Crippen LogP contribution < -0.4 is 10.5 Å². The number of halogens is 1. The van der Waals surface area contributed by atoms with Crippen LogP contribution in [-0.4, -0.2) is 7.11 Å². The van der Waals surface area contributed by atoms with Crippen molar-refractivity contribution in [2.75, 3.05) is 7.11 Å². The van der Waals surface area contributed by atoms with Gasteiger partial charge >= 0.3 is 0 Å². The Morgan fingerprint density at radius 3 is 2.42 bits per heavy atom. The van der Waals surface area contributed by atoms with E-state index in [-0.39, 0.29) is 5.75 Å². The van der Waals surface area contributed by atoms with Crippen molar-refractivity contribution in [3.63, 3.8) is 0 Å². The topological polar surface area (TPSA) is 35.2 Å². The van der Waals surface area contributed by atoms with Gasteiger partial charge in [0.1, 0.15) is 0 Å². The normalized spacial score (nSPS) is 13.9. The first-order valence-electron chi connectivity index (χ1n) is 6.16. The van der Waals surface area contributed by atoms with Gasteiger partial charge in [-0.25, -0.2) is 4.39 Å². The average molecular weight is 259 g/mol. The van der Waals surface area contributed by atoms with Crippen molar-refractivity contribution in [3.8, 4) is 5.75 Å². The predicted molar refractivity (Wildman–Crippen MR) is 74.8 cm³/mol. The Labute approximate surface area is 113 Å². The molecular formula is C16H18FNO. The summed E-state index contributed by atoms with van der Waals surface area (Å²) in [7, 11) is 1.45. The van der Waals surface area contributed by atoms with Gasteiger partial charge in [-0.3, -0.25) is 0 Å². The summed E-state index contributed by atoms with van der Waals surface area (Å²) in [5.74, 6) is -0.172. The van der Waals surface area contributed by atoms with Crippen molar-refractivity contribution in [1.29, 1.82) is 0 Å². The zero-order valence-electron chi connectivity index (χ0n) is 11.4. The number of ether oxygens (including phenoxy) is 1. The third-order valence-electron chi connectivity index (χ3n) is 3.46. The summed E-state index contributed by atoms with van der Waals surface area (Å²) in [6.07, 6.45) is 0. The van der Waals surface area contributed by atoms with Crippen molar-refractivity contribution in [1.82, 2.24) is 0 Å². The molecule has 0 aliphatic rings. The van der Waals surface area contributed by atoms with Gasteiger partial charge in [0, 0.05) is 0 Å². The smallest absolute Gasteiger partial charge is 0.165 e. The van der Waals surface area contributed by atoms with E-state index in [1.807, 2.05) is 38.1 Å². The molecule has 2 aromatic rings. The molecule has 2 N–H and O–H groups in total. The summed E-state index contributed by atoms with van der Waals surface area (Å²) in [4.78, 5) is 0. The minimum Gasteiger partial charge on any atom is -0.494 e. The molecule has 0 spiro atoms. The zero-order valence-corrected chi connectivity index (χ0v) is 11.4. The summed E-state index contributed by atoms with van der Waals surface area (Å²) in [6, 6.07) is 12.7. The predicted octanol–water partition coefficient (Wildman–Crippen LogP) is 3.36. The molecular weight excluding hydrogens is 241 g/mol. The van der Waals surface area contributed by atoms with Gasteiger partial charge in [0.15, 0.2) is 11.6 Å². The van der Waals surface area contributed by atoms with Crippen LogP contribution >= 0.6 is 0 Å². The molecule has 100 valence electrons. The highest BCUT2D eigenvalue weighted by atomic mass is 19.1. The van der Waals surface area contributed by atoms with Crippen molar-refractivity contribution < 1.29 is 9.13 Å². The van der Waals surface area contributed by atoms with Crippen LogP contribution in [-0.2, 0) is 5.54 Å². The van der Waals surface area contributed by atoms with Crippen LogP contribution in [0.15, 0.2) is 42.5 Å². The average Bonchev–Trinajstić information content (AvgIpc) is 2.39. The number of rotatable bonds is 3. The van der Waals surface area contributed by atoms with Crippen molar-refractivity contribution in [2.45, 2.75) is 19.4 Å². The molecule has 0 amide bonds. The first kappa shape index (κ1) is 13.6. The highest BCUT2D eigenvalue weighted by Crippen LogP contribution is 2.31. The van der Waals surface area contributed by atoms with Gasteiger partial charge in [-0.1, -0.05) is 30.3 Å². The van der Waals surface area contributed by atoms with E-state index in [0.29, 0.717) is 0 Å². The Morgan fingerprint density at radius 1 is 1.16 bits per heavy atom. The van der Waals surface area contributed by atoms with Crippen molar-refractivity contribution in [3.05, 3.63) is 65.0 Å². The molecule has 0 bridgehead atoms. The molecule has 0 aromatic heterocycles. The fraction of sp³-hybridized carbons (Fsp3) is 0.250. The SMILES string of the molecule is COc1ccc(C(C)(N)c2ccccc2C)cc1F. The second-order valence-electron chi connectivity index (χ2n) is 4.87. The second kappa shape index (κ2) is 5.02. The number of aryl methyl sites for hydroxylation is 1. The first-order chi connectivity index (χ1) is 8.96. The molecule has 3 heteroatoms. The molecule has 2 aromatic carbocycles. The van der Waals surface area contributed by atoms with E-state index >= 15 is 0 Å². The largest absolute Gasteiger partial charge is 0.494 e. The molecule has 1 unspecified atom stereocenters. The molecule has 19 heavy (non-hydrogen) atoms. The number of methoxy groups -OCH3 is 1. The summed E-state index contributed by atoms with van der Waals surface area (Å²) in [6.45, 7) is 3.89. The quantitative estimate of drug-likeness (QED) is 0.917. The highest BCUT2D eigenvalue weighted by Gasteiger charge is 2.26. The molecule has 0 radical (unpaired) electrons. The molecule has 2 rings (SSSR count). The number of nitrogens with two attached hydrogens (primary N) is 1. The first-order valence-corrected chi connectivity index (χ1v) is 6.16. The van der Waals surface area contributed by atoms with Crippen LogP contribution in [0.4, 0.5) is 4.39 Å². The van der Waals surface area contributed by atoms with Gasteiger partial charge in [0.25, 0.3) is 0 Å². The minimum atomic E-state index is -0.738. The van der Waals surface area contributed by atoms with Gasteiger partial charge < -0.3 is 10.5 Å². The van der Waals surface area contributed by atoms with Crippen molar-refractivity contribution >= 4 is 0 Å². The molecule has 0 heterocycles. The van der Waals surface area contributed by atoms with E-state index in [4.69, 9.17) is 10.5 Å². The van der Waals surface area contributed by atoms with Gasteiger partial charge in [-0.15, -0.1) is 0 Å². The zero-order chi connectivity index (χ0) is 14.0. The lowest BCUT2D eigenvalue weighted by atomic mass is 9.83. The number of hydrogen-bond donors (Lipinski definition) is 1. The third-order valence-corrected chi connectivity index (χ3v) is 3.46. The maximum atomic E-state index is 13.8. The van der Waals surface area contributed by atoms with E-state index in [2.05, 4.69) is 0 Å². The van der Waals surface area contributed by atoms with E-state index in [1.54, 1.807) is 12.1 Å². The number of benzene rings is 2. The fourth-order valence-corrected chi connectivity index (χ4v) is 2.30. The fourth-order valence-electron chi connectivity index (χ4n) is 2.30. The Bertz CT molecular complexity index is 593. The van der Waals surface area contributed by atoms with E-state index in [9.17, 15) is 4.39 Å². The second-order valence-corrected chi connectivity index (χ2v) is 4.87. The Morgan fingerprint density at radius 2 is 1.84 bits per heavy atom. The van der Waals surface area contributed by atoms with Gasteiger partial charge in [0.2, 0.25) is 0 Å². The molecule has 0 saturated heterocycles. The van der Waals surface area contributed by atoms with Crippen LogP contribution in [0.5, 0.6) is 5.75 Å². The summed E-state index contributed by atoms with van der Waals surface area (Å²) < 4.78 is 18.7. The van der Waals surface area contributed by atoms with Crippen LogP contribution in [0.3, 0.4) is 0 Å². The summed E-state index contributed by atoms with van der Waals surface area (Å²) in [5.41, 5.74) is 8.47. The van der Waals surface area contributed by atoms with Crippen molar-refractivity contribution in [2.24, 2.45) is 5.73 Å². The molecule has 2 nitrogen and oxygen atoms in total. The third kappa shape index (κ3) is 2.47. The maximum absolute atomic E-state index is 13.8. The molecule has 0 aliphatic carbocycles. The molecule has 0 saturated carbocycles. The number of hydrogen-bond acceptors (Lipinski definition) is 2. The lowest BCUT2D eigenvalue weighted by molar-refractivity contribution is 0.385. The summed E-state index contributed by atoms with van der Waals surface area (Å²) >= 11 is 0. The van der Waals surface area contributed by atoms with Crippen LogP contribution in [0.1, 0.15) is 23.6 Å². The Balaban J connectivity index is 2.50. The van der Waals surface area contributed by atoms with Crippen LogP contribution in [0.2, 0.25) is 0 Å². The minimum absolute atomic E-state index is 0.226. The Kier molecular flexibility index (Phi) is 3.58. The maximum Gasteiger partial charge on any atom is 0.165 e. The van der Waals surface area contributed by atoms with E-state index < -0.39 is 11.4 Å². The summed E-state index contributed by atoms with van der Waals surface area (Å²) in [5, 5.41) is 0. The standard InChI is InChI=1S/C16H18FNO/c1-11-6-4-5-7-13(11)16(2,18)12-8-9-15(19-3)14(17)10-12/h4-10H,18H2,1-3H3. The molecule has 1 atom stereocenters. The lowest BCUT2D eigenvalue weighted by Crippen LogP contribution is -2.35. The van der Waals surface area contributed by atoms with E-state index in [0.717, 1.165) is 16.7 Å². The highest BCUT2D eigenvalue weighted by molar-refractivity contribution is 5.43. The van der Waals surface area contributed by atoms with Crippen LogP contribution in [0, 0.1) is 12.7 Å². The Hall–Kier alpha value is -1.87. The van der Waals surface area contributed by atoms with Crippen LogP contribution in [0.25, 0.3) is 0 Å².